The molecule has 0 aliphatic carbocycles. The zero-order valence-corrected chi connectivity index (χ0v) is 10.1. The van der Waals surface area contributed by atoms with Crippen molar-refractivity contribution in [2.75, 3.05) is 19.6 Å². The molecule has 1 unspecified atom stereocenters. The van der Waals surface area contributed by atoms with Crippen molar-refractivity contribution in [3.05, 3.63) is 11.9 Å². The molecule has 6 heteroatoms. The van der Waals surface area contributed by atoms with Gasteiger partial charge in [-0.3, -0.25) is 4.79 Å². The molecular weight excluding hydrogens is 218 g/mol. The molecule has 2 N–H and O–H groups in total. The first-order valence-electron chi connectivity index (χ1n) is 6.20. The number of hydrogen-bond donors (Lipinski definition) is 2. The monoisotopic (exact) mass is 237 g/mol. The molecule has 1 aliphatic heterocycles. The zero-order chi connectivity index (χ0) is 12.1. The normalized spacial score (nSPS) is 20.2. The Kier molecular flexibility index (Phi) is 4.08. The smallest absolute Gasteiger partial charge is 0.276 e. The van der Waals surface area contributed by atoms with Crippen LogP contribution in [0.3, 0.4) is 0 Å². The van der Waals surface area contributed by atoms with Gasteiger partial charge in [0.05, 0.1) is 6.20 Å². The first-order valence-corrected chi connectivity index (χ1v) is 6.20. The topological polar surface area (TPSA) is 73.9 Å². The Morgan fingerprint density at radius 1 is 1.65 bits per heavy atom. The number of H-pyrrole nitrogens is 1. The molecule has 1 amide bonds. The predicted octanol–water partition coefficient (Wildman–Crippen LogP) is 0.409. The molecule has 1 atom stereocenters. The Morgan fingerprint density at radius 3 is 3.12 bits per heavy atom. The largest absolute Gasteiger partial charge is 0.333 e. The van der Waals surface area contributed by atoms with E-state index in [1.54, 1.807) is 0 Å². The van der Waals surface area contributed by atoms with Crippen molar-refractivity contribution < 1.29 is 4.79 Å². The molecule has 94 valence electrons. The second kappa shape index (κ2) is 5.77. The fraction of sp³-hybridized carbons (Fsp3) is 0.727. The third-order valence-electron chi connectivity index (χ3n) is 3.07. The predicted molar refractivity (Wildman–Crippen MR) is 63.6 cm³/mol. The molecule has 1 fully saturated rings. The molecule has 0 saturated carbocycles. The number of carbonyl (C=O) groups is 1. The van der Waals surface area contributed by atoms with Gasteiger partial charge in [0.2, 0.25) is 0 Å². The molecule has 1 aliphatic rings. The van der Waals surface area contributed by atoms with Gasteiger partial charge in [-0.15, -0.1) is 0 Å². The summed E-state index contributed by atoms with van der Waals surface area (Å²) in [5, 5.41) is 13.4. The zero-order valence-electron chi connectivity index (χ0n) is 10.1. The maximum Gasteiger partial charge on any atom is 0.276 e. The summed E-state index contributed by atoms with van der Waals surface area (Å²) in [4.78, 5) is 14.2. The highest BCUT2D eigenvalue weighted by molar-refractivity contribution is 5.92. The number of hydrogen-bond acceptors (Lipinski definition) is 4. The Labute approximate surface area is 101 Å². The van der Waals surface area contributed by atoms with Gasteiger partial charge in [-0.05, 0) is 25.8 Å². The van der Waals surface area contributed by atoms with Crippen molar-refractivity contribution in [3.8, 4) is 0 Å². The van der Waals surface area contributed by atoms with Gasteiger partial charge >= 0.3 is 0 Å². The lowest BCUT2D eigenvalue weighted by atomic mass is 10.1. The van der Waals surface area contributed by atoms with Crippen LogP contribution in [0.2, 0.25) is 0 Å². The number of aromatic nitrogens is 3. The van der Waals surface area contributed by atoms with E-state index in [1.165, 1.54) is 6.20 Å². The van der Waals surface area contributed by atoms with Crippen LogP contribution in [0.1, 0.15) is 36.7 Å². The molecule has 0 bridgehead atoms. The number of amides is 1. The van der Waals surface area contributed by atoms with Crippen LogP contribution in [0, 0.1) is 0 Å². The molecule has 2 heterocycles. The van der Waals surface area contributed by atoms with Gasteiger partial charge in [0.15, 0.2) is 5.69 Å². The van der Waals surface area contributed by atoms with Crippen molar-refractivity contribution >= 4 is 5.91 Å². The van der Waals surface area contributed by atoms with Gasteiger partial charge in [0.25, 0.3) is 5.91 Å². The number of rotatable bonds is 4. The molecule has 0 spiro atoms. The third-order valence-corrected chi connectivity index (χ3v) is 3.07. The highest BCUT2D eigenvalue weighted by atomic mass is 16.2. The Morgan fingerprint density at radius 2 is 2.53 bits per heavy atom. The van der Waals surface area contributed by atoms with Crippen LogP contribution >= 0.6 is 0 Å². The van der Waals surface area contributed by atoms with Gasteiger partial charge in [-0.2, -0.15) is 15.4 Å². The van der Waals surface area contributed by atoms with Crippen LogP contribution < -0.4 is 5.32 Å². The summed E-state index contributed by atoms with van der Waals surface area (Å²) >= 11 is 0. The first-order chi connectivity index (χ1) is 8.33. The number of carbonyl (C=O) groups excluding carboxylic acids is 1. The molecule has 0 radical (unpaired) electrons. The van der Waals surface area contributed by atoms with E-state index in [0.717, 1.165) is 38.9 Å². The average molecular weight is 237 g/mol. The maximum absolute atomic E-state index is 12.3. The Hall–Kier alpha value is -1.43. The fourth-order valence-electron chi connectivity index (χ4n) is 2.24. The summed E-state index contributed by atoms with van der Waals surface area (Å²) in [6.45, 7) is 4.79. The molecule has 2 rings (SSSR count). The van der Waals surface area contributed by atoms with Crippen molar-refractivity contribution in [2.45, 2.75) is 32.2 Å². The molecule has 1 aromatic heterocycles. The summed E-state index contributed by atoms with van der Waals surface area (Å²) in [6, 6.07) is 0.285. The van der Waals surface area contributed by atoms with E-state index in [4.69, 9.17) is 0 Å². The summed E-state index contributed by atoms with van der Waals surface area (Å²) in [5.74, 6) is -0.0192. The van der Waals surface area contributed by atoms with Gasteiger partial charge in [-0.25, -0.2) is 0 Å². The Balaban J connectivity index is 2.07. The highest BCUT2D eigenvalue weighted by Gasteiger charge is 2.26. The molecule has 17 heavy (non-hydrogen) atoms. The van der Waals surface area contributed by atoms with E-state index in [9.17, 15) is 4.79 Å². The van der Waals surface area contributed by atoms with E-state index < -0.39 is 0 Å². The third kappa shape index (κ3) is 2.82. The second-order valence-electron chi connectivity index (χ2n) is 4.35. The van der Waals surface area contributed by atoms with Crippen molar-refractivity contribution in [1.29, 1.82) is 0 Å². The van der Waals surface area contributed by atoms with Gasteiger partial charge < -0.3 is 10.2 Å². The van der Waals surface area contributed by atoms with Crippen molar-refractivity contribution in [3.63, 3.8) is 0 Å². The van der Waals surface area contributed by atoms with E-state index >= 15 is 0 Å². The minimum Gasteiger partial charge on any atom is -0.333 e. The van der Waals surface area contributed by atoms with Gasteiger partial charge in [-0.1, -0.05) is 6.92 Å². The lowest BCUT2D eigenvalue weighted by molar-refractivity contribution is 0.0643. The summed E-state index contributed by atoms with van der Waals surface area (Å²) in [5.41, 5.74) is 0.407. The van der Waals surface area contributed by atoms with Gasteiger partial charge in [0, 0.05) is 19.1 Å². The van der Waals surface area contributed by atoms with Crippen molar-refractivity contribution in [2.24, 2.45) is 0 Å². The summed E-state index contributed by atoms with van der Waals surface area (Å²) in [6.07, 6.45) is 4.63. The Bertz CT molecular complexity index is 345. The van der Waals surface area contributed by atoms with E-state index in [1.807, 2.05) is 4.90 Å². The lowest BCUT2D eigenvalue weighted by Crippen LogP contribution is -2.49. The lowest BCUT2D eigenvalue weighted by Gasteiger charge is -2.34. The van der Waals surface area contributed by atoms with E-state index in [2.05, 4.69) is 27.7 Å². The van der Waals surface area contributed by atoms with E-state index in [0.29, 0.717) is 5.69 Å². The molecule has 1 saturated heterocycles. The minimum absolute atomic E-state index is 0.0192. The van der Waals surface area contributed by atoms with Crippen LogP contribution in [-0.4, -0.2) is 51.9 Å². The fourth-order valence-corrected chi connectivity index (χ4v) is 2.24. The number of nitrogens with one attached hydrogen (secondary N) is 2. The molecule has 1 aromatic rings. The molecular formula is C11H19N5O. The number of piperidine rings is 1. The van der Waals surface area contributed by atoms with Crippen LogP contribution in [0.25, 0.3) is 0 Å². The van der Waals surface area contributed by atoms with Crippen LogP contribution in [0.5, 0.6) is 0 Å². The second-order valence-corrected chi connectivity index (χ2v) is 4.35. The standard InChI is InChI=1S/C11H19N5O/c1-2-6-16(9-4-3-5-12-7-9)11(17)10-8-13-15-14-10/h8-9,12H,2-7H2,1H3,(H,13,14,15). The number of aromatic amines is 1. The number of nitrogens with zero attached hydrogens (tertiary/aromatic N) is 3. The minimum atomic E-state index is -0.0192. The van der Waals surface area contributed by atoms with E-state index in [-0.39, 0.29) is 11.9 Å². The SMILES string of the molecule is CCCN(C(=O)c1cn[nH]n1)C1CCCNC1. The van der Waals surface area contributed by atoms with Crippen LogP contribution in [0.15, 0.2) is 6.20 Å². The maximum atomic E-state index is 12.3. The highest BCUT2D eigenvalue weighted by Crippen LogP contribution is 2.13. The summed E-state index contributed by atoms with van der Waals surface area (Å²) < 4.78 is 0. The average Bonchev–Trinajstić information content (AvgIpc) is 2.90. The summed E-state index contributed by atoms with van der Waals surface area (Å²) in [7, 11) is 0. The van der Waals surface area contributed by atoms with Crippen LogP contribution in [0.4, 0.5) is 0 Å². The quantitative estimate of drug-likeness (QED) is 0.795. The van der Waals surface area contributed by atoms with Gasteiger partial charge in [0.1, 0.15) is 0 Å². The van der Waals surface area contributed by atoms with Crippen molar-refractivity contribution in [1.82, 2.24) is 25.6 Å². The first kappa shape index (κ1) is 12.0. The molecule has 0 aromatic carbocycles. The van der Waals surface area contributed by atoms with Crippen LogP contribution in [-0.2, 0) is 0 Å². The molecule has 6 nitrogen and oxygen atoms in total.